The van der Waals surface area contributed by atoms with Gasteiger partial charge in [-0.1, -0.05) is 130 Å². The molecule has 0 aromatic carbocycles. The summed E-state index contributed by atoms with van der Waals surface area (Å²) in [4.78, 5) is 87.2. The highest BCUT2D eigenvalue weighted by molar-refractivity contribution is 5.80. The van der Waals surface area contributed by atoms with E-state index in [1.165, 1.54) is 0 Å². The summed E-state index contributed by atoms with van der Waals surface area (Å²) in [7, 11) is 0. The van der Waals surface area contributed by atoms with Crippen LogP contribution in [0.5, 0.6) is 0 Å². The number of esters is 6. The molecular weight excluding hydrogens is 773 g/mol. The molecule has 0 fully saturated rings. The van der Waals surface area contributed by atoms with Gasteiger partial charge in [0.05, 0.1) is 0 Å². The molecule has 0 bridgehead atoms. The zero-order valence-electron chi connectivity index (χ0n) is 38.0. The first-order valence-electron chi connectivity index (χ1n) is 23.6. The predicted octanol–water partition coefficient (Wildman–Crippen LogP) is 10.3. The van der Waals surface area contributed by atoms with Gasteiger partial charge in [0.2, 0.25) is 0 Å². The maximum Gasteiger partial charge on any atom is 0.306 e. The largest absolute Gasteiger partial charge is 0.462 e. The highest BCUT2D eigenvalue weighted by atomic mass is 16.6. The van der Waals surface area contributed by atoms with Crippen LogP contribution < -0.4 is 0 Å². The molecular formula is C47H82O13. The summed E-state index contributed by atoms with van der Waals surface area (Å²) in [5, 5.41) is 0. The van der Waals surface area contributed by atoms with Gasteiger partial charge in [0.25, 0.3) is 0 Å². The first kappa shape index (κ1) is 56.5. The summed E-state index contributed by atoms with van der Waals surface area (Å²) in [6.45, 7) is 7.54. The Morgan fingerprint density at radius 2 is 0.517 bits per heavy atom. The number of carbonyl (C=O) groups is 7. The molecule has 60 heavy (non-hydrogen) atoms. The number of ether oxygens (including phenoxy) is 6. The van der Waals surface area contributed by atoms with E-state index in [1.807, 2.05) is 0 Å². The number of hydrogen-bond donors (Lipinski definition) is 0. The monoisotopic (exact) mass is 855 g/mol. The fourth-order valence-electron chi connectivity index (χ4n) is 6.23. The molecule has 13 heteroatoms. The van der Waals surface area contributed by atoms with E-state index in [4.69, 9.17) is 28.4 Å². The van der Waals surface area contributed by atoms with Crippen molar-refractivity contribution in [2.75, 3.05) is 26.4 Å². The molecule has 0 aliphatic heterocycles. The van der Waals surface area contributed by atoms with Gasteiger partial charge in [-0.05, 0) is 38.5 Å². The van der Waals surface area contributed by atoms with Gasteiger partial charge in [-0.25, -0.2) is 0 Å². The molecule has 0 saturated heterocycles. The van der Waals surface area contributed by atoms with Crippen LogP contribution in [0, 0.1) is 0 Å². The van der Waals surface area contributed by atoms with Gasteiger partial charge in [-0.3, -0.25) is 33.6 Å². The standard InChI is InChI=1S/C47H82O13/c1-5-9-13-17-21-29-42(49)55-35-40(36-56-43(50)30-22-18-14-10-6-2)59-46(53)33-25-27-39(48)28-26-34-47(54)60-41(37-57-44(51)31-23-19-15-11-7-3)38-58-45(52)32-24-20-16-12-8-4/h40-41H,5-38H2,1-4H3. The fraction of sp³-hybridized carbons (Fsp3) is 0.851. The fourth-order valence-corrected chi connectivity index (χ4v) is 6.23. The van der Waals surface area contributed by atoms with Crippen molar-refractivity contribution in [3.63, 3.8) is 0 Å². The molecule has 0 unspecified atom stereocenters. The van der Waals surface area contributed by atoms with E-state index in [0.29, 0.717) is 25.7 Å². The minimum Gasteiger partial charge on any atom is -0.462 e. The maximum atomic E-state index is 12.7. The normalized spacial score (nSPS) is 11.0. The van der Waals surface area contributed by atoms with Crippen molar-refractivity contribution < 1.29 is 62.0 Å². The average molecular weight is 855 g/mol. The van der Waals surface area contributed by atoms with Gasteiger partial charge in [0.15, 0.2) is 12.2 Å². The lowest BCUT2D eigenvalue weighted by atomic mass is 10.1. The summed E-state index contributed by atoms with van der Waals surface area (Å²) in [5.74, 6) is -2.98. The third-order valence-corrected chi connectivity index (χ3v) is 9.93. The lowest BCUT2D eigenvalue weighted by molar-refractivity contribution is -0.167. The zero-order chi connectivity index (χ0) is 44.5. The highest BCUT2D eigenvalue weighted by Gasteiger charge is 2.22. The quantitative estimate of drug-likeness (QED) is 0.0322. The van der Waals surface area contributed by atoms with Crippen molar-refractivity contribution in [1.82, 2.24) is 0 Å². The van der Waals surface area contributed by atoms with Crippen LogP contribution >= 0.6 is 0 Å². The number of ketones is 1. The van der Waals surface area contributed by atoms with Gasteiger partial charge in [-0.15, -0.1) is 0 Å². The minimum absolute atomic E-state index is 0.0718. The Labute approximate surface area is 361 Å². The maximum absolute atomic E-state index is 12.7. The molecule has 0 aliphatic rings. The van der Waals surface area contributed by atoms with Gasteiger partial charge in [0.1, 0.15) is 32.2 Å². The number of carbonyl (C=O) groups excluding carboxylic acids is 7. The molecule has 0 aromatic heterocycles. The Morgan fingerprint density at radius 3 is 0.767 bits per heavy atom. The molecule has 0 aromatic rings. The predicted molar refractivity (Wildman–Crippen MR) is 230 cm³/mol. The Bertz CT molecular complexity index is 1010. The molecule has 0 aliphatic carbocycles. The molecule has 348 valence electrons. The average Bonchev–Trinajstić information content (AvgIpc) is 3.22. The Balaban J connectivity index is 4.85. The molecule has 0 rings (SSSR count). The number of Topliss-reactive ketones (excluding diaryl/α,β-unsaturated/α-hetero) is 1. The number of hydrogen-bond acceptors (Lipinski definition) is 13. The van der Waals surface area contributed by atoms with Crippen molar-refractivity contribution in [3.05, 3.63) is 0 Å². The minimum atomic E-state index is -0.964. The molecule has 13 nitrogen and oxygen atoms in total. The lowest BCUT2D eigenvalue weighted by Crippen LogP contribution is -2.31. The highest BCUT2D eigenvalue weighted by Crippen LogP contribution is 2.13. The van der Waals surface area contributed by atoms with Crippen molar-refractivity contribution in [2.24, 2.45) is 0 Å². The van der Waals surface area contributed by atoms with Gasteiger partial charge >= 0.3 is 35.8 Å². The first-order valence-corrected chi connectivity index (χ1v) is 23.6. The number of unbranched alkanes of at least 4 members (excludes halogenated alkanes) is 16. The zero-order valence-corrected chi connectivity index (χ0v) is 38.0. The van der Waals surface area contributed by atoms with Crippen LogP contribution in [0.25, 0.3) is 0 Å². The third kappa shape index (κ3) is 37.5. The molecule has 0 radical (unpaired) electrons. The first-order chi connectivity index (χ1) is 29.0. The molecule has 0 atom stereocenters. The van der Waals surface area contributed by atoms with E-state index in [1.54, 1.807) is 0 Å². The van der Waals surface area contributed by atoms with Crippen molar-refractivity contribution >= 4 is 41.6 Å². The molecule has 0 saturated carbocycles. The summed E-state index contributed by atoms with van der Waals surface area (Å²) in [6.07, 6.45) is 19.1. The smallest absolute Gasteiger partial charge is 0.306 e. The van der Waals surface area contributed by atoms with Gasteiger partial charge < -0.3 is 28.4 Å². The van der Waals surface area contributed by atoms with Crippen LogP contribution in [-0.4, -0.2) is 80.2 Å². The molecule has 0 spiro atoms. The molecule has 0 heterocycles. The van der Waals surface area contributed by atoms with Crippen LogP contribution in [0.4, 0.5) is 0 Å². The van der Waals surface area contributed by atoms with Crippen LogP contribution in [0.15, 0.2) is 0 Å². The second kappa shape index (κ2) is 40.9. The van der Waals surface area contributed by atoms with E-state index in [-0.39, 0.29) is 96.4 Å². The SMILES string of the molecule is CCCCCCCC(=O)OCC(COC(=O)CCCCCCC)OC(=O)CCCC(=O)CCCC(=O)OC(COC(=O)CCCCCCC)COC(=O)CCCCCCC. The summed E-state index contributed by atoms with van der Waals surface area (Å²) in [5.41, 5.74) is 0. The second-order valence-corrected chi connectivity index (χ2v) is 15.9. The summed E-state index contributed by atoms with van der Waals surface area (Å²) >= 11 is 0. The van der Waals surface area contributed by atoms with Crippen LogP contribution in [0.2, 0.25) is 0 Å². The van der Waals surface area contributed by atoms with Gasteiger partial charge in [-0.2, -0.15) is 0 Å². The Hall–Kier alpha value is -3.51. The lowest BCUT2D eigenvalue weighted by Gasteiger charge is -2.18. The molecule has 0 N–H and O–H groups in total. The van der Waals surface area contributed by atoms with Crippen molar-refractivity contribution in [3.8, 4) is 0 Å². The third-order valence-electron chi connectivity index (χ3n) is 9.93. The Morgan fingerprint density at radius 1 is 0.283 bits per heavy atom. The van der Waals surface area contributed by atoms with Crippen LogP contribution in [-0.2, 0) is 62.0 Å². The van der Waals surface area contributed by atoms with Crippen LogP contribution in [0.1, 0.15) is 220 Å². The van der Waals surface area contributed by atoms with Crippen LogP contribution in [0.3, 0.4) is 0 Å². The van der Waals surface area contributed by atoms with E-state index in [2.05, 4.69) is 27.7 Å². The topological polar surface area (TPSA) is 175 Å². The molecule has 0 amide bonds. The number of rotatable bonds is 42. The van der Waals surface area contributed by atoms with E-state index >= 15 is 0 Å². The van der Waals surface area contributed by atoms with Crippen molar-refractivity contribution in [1.29, 1.82) is 0 Å². The van der Waals surface area contributed by atoms with Gasteiger partial charge in [0, 0.05) is 51.4 Å². The van der Waals surface area contributed by atoms with Crippen molar-refractivity contribution in [2.45, 2.75) is 233 Å². The summed E-state index contributed by atoms with van der Waals surface area (Å²) in [6, 6.07) is 0. The Kier molecular flexibility index (Phi) is 38.5. The summed E-state index contributed by atoms with van der Waals surface area (Å²) < 4.78 is 32.4. The van der Waals surface area contributed by atoms with E-state index in [0.717, 1.165) is 103 Å². The second-order valence-electron chi connectivity index (χ2n) is 15.9. The van der Waals surface area contributed by atoms with E-state index < -0.39 is 48.0 Å². The van der Waals surface area contributed by atoms with E-state index in [9.17, 15) is 33.6 Å².